The van der Waals surface area contributed by atoms with E-state index in [0.717, 1.165) is 20.2 Å². The number of carbonyl (C=O) groups is 2. The zero-order valence-electron chi connectivity index (χ0n) is 12.2. The summed E-state index contributed by atoms with van der Waals surface area (Å²) in [6.07, 6.45) is 0. The molecular weight excluding hydrogens is 411 g/mol. The molecule has 0 aromatic heterocycles. The third kappa shape index (κ3) is 4.48. The minimum Gasteiger partial charge on any atom is -0.339 e. The summed E-state index contributed by atoms with van der Waals surface area (Å²) in [5, 5.41) is 2.78. The van der Waals surface area contributed by atoms with Gasteiger partial charge in [0.25, 0.3) is 11.1 Å². The van der Waals surface area contributed by atoms with Crippen molar-refractivity contribution in [2.24, 2.45) is 0 Å². The third-order valence-electron chi connectivity index (χ3n) is 2.78. The summed E-state index contributed by atoms with van der Waals surface area (Å²) in [6.45, 7) is 0. The first-order valence-corrected chi connectivity index (χ1v) is 8.42. The number of halogens is 1. The first-order valence-electron chi connectivity index (χ1n) is 6.52. The second-order valence-electron chi connectivity index (χ2n) is 4.72. The average molecular weight is 426 g/mol. The minimum absolute atomic E-state index is 0.0871. The van der Waals surface area contributed by atoms with Gasteiger partial charge in [0, 0.05) is 28.1 Å². The van der Waals surface area contributed by atoms with E-state index in [0.29, 0.717) is 11.3 Å². The molecule has 0 heterocycles. The van der Waals surface area contributed by atoms with E-state index < -0.39 is 0 Å². The summed E-state index contributed by atoms with van der Waals surface area (Å²) in [5.74, 6) is -0.191. The van der Waals surface area contributed by atoms with E-state index in [1.165, 1.54) is 4.90 Å². The van der Waals surface area contributed by atoms with Crippen molar-refractivity contribution in [3.63, 3.8) is 0 Å². The van der Waals surface area contributed by atoms with Crippen molar-refractivity contribution in [1.29, 1.82) is 0 Å². The molecule has 1 N–H and O–H groups in total. The van der Waals surface area contributed by atoms with Crippen molar-refractivity contribution in [3.05, 3.63) is 57.7 Å². The molecular formula is C16H15IN2O2S. The lowest BCUT2D eigenvalue weighted by Gasteiger charge is -2.13. The standard InChI is InChI=1S/C16H15IN2O2S/c1-19(2)16(21)22-14-9-4-3-8-13(14)18-15(20)11-6-5-7-12(17)10-11/h3-10H,1-2H3,(H,18,20). The highest BCUT2D eigenvalue weighted by Gasteiger charge is 2.13. The normalized spacial score (nSPS) is 10.1. The lowest BCUT2D eigenvalue weighted by molar-refractivity contribution is 0.102. The quantitative estimate of drug-likeness (QED) is 0.588. The number of rotatable bonds is 3. The van der Waals surface area contributed by atoms with Gasteiger partial charge in [-0.15, -0.1) is 0 Å². The first-order chi connectivity index (χ1) is 10.5. The molecule has 0 aliphatic rings. The highest BCUT2D eigenvalue weighted by Crippen LogP contribution is 2.29. The Balaban J connectivity index is 2.19. The molecule has 2 amide bonds. The molecule has 0 atom stereocenters. The predicted octanol–water partition coefficient (Wildman–Crippen LogP) is 4.32. The molecule has 4 nitrogen and oxygen atoms in total. The topological polar surface area (TPSA) is 49.4 Å². The highest BCUT2D eigenvalue weighted by atomic mass is 127. The maximum atomic E-state index is 12.3. The lowest BCUT2D eigenvalue weighted by Crippen LogP contribution is -2.17. The van der Waals surface area contributed by atoms with E-state index >= 15 is 0 Å². The molecule has 0 radical (unpaired) electrons. The molecule has 22 heavy (non-hydrogen) atoms. The number of hydrogen-bond acceptors (Lipinski definition) is 3. The molecule has 0 aliphatic heterocycles. The summed E-state index contributed by atoms with van der Waals surface area (Å²) in [7, 11) is 3.39. The fourth-order valence-corrected chi connectivity index (χ4v) is 2.96. The van der Waals surface area contributed by atoms with Gasteiger partial charge in [0.2, 0.25) is 0 Å². The van der Waals surface area contributed by atoms with Crippen molar-refractivity contribution in [1.82, 2.24) is 4.90 Å². The number of thioether (sulfide) groups is 1. The maximum Gasteiger partial charge on any atom is 0.286 e. The number of hydrogen-bond donors (Lipinski definition) is 1. The number of amides is 2. The zero-order chi connectivity index (χ0) is 16.1. The predicted molar refractivity (Wildman–Crippen MR) is 98.5 cm³/mol. The number of carbonyl (C=O) groups excluding carboxylic acids is 2. The summed E-state index contributed by atoms with van der Waals surface area (Å²) in [4.78, 5) is 26.4. The monoisotopic (exact) mass is 426 g/mol. The molecule has 2 aromatic rings. The van der Waals surface area contributed by atoms with Gasteiger partial charge in [0.05, 0.1) is 5.69 Å². The molecule has 0 saturated carbocycles. The smallest absolute Gasteiger partial charge is 0.286 e. The molecule has 0 saturated heterocycles. The number of anilines is 1. The van der Waals surface area contributed by atoms with Crippen LogP contribution in [0.5, 0.6) is 0 Å². The van der Waals surface area contributed by atoms with Crippen LogP contribution in [-0.2, 0) is 0 Å². The van der Waals surface area contributed by atoms with Crippen LogP contribution in [0.25, 0.3) is 0 Å². The zero-order valence-corrected chi connectivity index (χ0v) is 15.1. The van der Waals surface area contributed by atoms with Crippen LogP contribution in [0.3, 0.4) is 0 Å². The Bertz CT molecular complexity index is 704. The van der Waals surface area contributed by atoms with E-state index in [1.54, 1.807) is 26.2 Å². The van der Waals surface area contributed by atoms with Crippen LogP contribution >= 0.6 is 34.4 Å². The first kappa shape index (κ1) is 16.8. The Morgan fingerprint density at radius 3 is 2.50 bits per heavy atom. The Hall–Kier alpha value is -1.54. The van der Waals surface area contributed by atoms with Gasteiger partial charge in [-0.25, -0.2) is 0 Å². The largest absolute Gasteiger partial charge is 0.339 e. The van der Waals surface area contributed by atoms with Crippen LogP contribution in [0.2, 0.25) is 0 Å². The van der Waals surface area contributed by atoms with Gasteiger partial charge < -0.3 is 10.2 Å². The number of para-hydroxylation sites is 1. The van der Waals surface area contributed by atoms with E-state index in [4.69, 9.17) is 0 Å². The van der Waals surface area contributed by atoms with Crippen molar-refractivity contribution < 1.29 is 9.59 Å². The number of nitrogens with zero attached hydrogens (tertiary/aromatic N) is 1. The summed E-state index contributed by atoms with van der Waals surface area (Å²) in [6, 6.07) is 14.6. The van der Waals surface area contributed by atoms with E-state index in [-0.39, 0.29) is 11.1 Å². The summed E-state index contributed by atoms with van der Waals surface area (Å²) >= 11 is 3.25. The van der Waals surface area contributed by atoms with Crippen molar-refractivity contribution >= 4 is 51.2 Å². The SMILES string of the molecule is CN(C)C(=O)Sc1ccccc1NC(=O)c1cccc(I)c1. The van der Waals surface area contributed by atoms with Crippen LogP contribution in [-0.4, -0.2) is 30.1 Å². The molecule has 0 bridgehead atoms. The molecule has 0 aliphatic carbocycles. The summed E-state index contributed by atoms with van der Waals surface area (Å²) in [5.41, 5.74) is 1.22. The van der Waals surface area contributed by atoms with Crippen LogP contribution in [0.15, 0.2) is 53.4 Å². The molecule has 0 fully saturated rings. The number of benzene rings is 2. The fourth-order valence-electron chi connectivity index (χ4n) is 1.67. The van der Waals surface area contributed by atoms with Gasteiger partial charge in [0.1, 0.15) is 0 Å². The average Bonchev–Trinajstić information content (AvgIpc) is 2.49. The van der Waals surface area contributed by atoms with Crippen molar-refractivity contribution in [3.8, 4) is 0 Å². The highest BCUT2D eigenvalue weighted by molar-refractivity contribution is 14.1. The van der Waals surface area contributed by atoms with Gasteiger partial charge in [0.15, 0.2) is 0 Å². The van der Waals surface area contributed by atoms with E-state index in [2.05, 4.69) is 27.9 Å². The molecule has 6 heteroatoms. The van der Waals surface area contributed by atoms with Crippen LogP contribution < -0.4 is 5.32 Å². The van der Waals surface area contributed by atoms with Crippen LogP contribution in [0.4, 0.5) is 10.5 Å². The molecule has 2 rings (SSSR count). The summed E-state index contributed by atoms with van der Waals surface area (Å²) < 4.78 is 0.996. The number of nitrogens with one attached hydrogen (secondary N) is 1. The van der Waals surface area contributed by atoms with Gasteiger partial charge >= 0.3 is 0 Å². The molecule has 2 aromatic carbocycles. The van der Waals surface area contributed by atoms with Gasteiger partial charge in [-0.05, 0) is 64.7 Å². The molecule has 0 spiro atoms. The van der Waals surface area contributed by atoms with Gasteiger partial charge in [-0.1, -0.05) is 18.2 Å². The van der Waals surface area contributed by atoms with Crippen LogP contribution in [0, 0.1) is 3.57 Å². The Morgan fingerprint density at radius 1 is 1.09 bits per heavy atom. The maximum absolute atomic E-state index is 12.3. The Kier molecular flexibility index (Phi) is 5.84. The van der Waals surface area contributed by atoms with Crippen LogP contribution in [0.1, 0.15) is 10.4 Å². The second-order valence-corrected chi connectivity index (χ2v) is 6.96. The molecule has 114 valence electrons. The Labute approximate surface area is 147 Å². The third-order valence-corrected chi connectivity index (χ3v) is 4.57. The van der Waals surface area contributed by atoms with E-state index in [1.807, 2.05) is 36.4 Å². The Morgan fingerprint density at radius 2 is 1.82 bits per heavy atom. The molecule has 0 unspecified atom stereocenters. The van der Waals surface area contributed by atoms with Crippen molar-refractivity contribution in [2.45, 2.75) is 4.90 Å². The minimum atomic E-state index is -0.191. The second kappa shape index (κ2) is 7.64. The fraction of sp³-hybridized carbons (Fsp3) is 0.125. The van der Waals surface area contributed by atoms with Gasteiger partial charge in [-0.3, -0.25) is 9.59 Å². The van der Waals surface area contributed by atoms with E-state index in [9.17, 15) is 9.59 Å². The van der Waals surface area contributed by atoms with Gasteiger partial charge in [-0.2, -0.15) is 0 Å². The van der Waals surface area contributed by atoms with Crippen molar-refractivity contribution in [2.75, 3.05) is 19.4 Å². The lowest BCUT2D eigenvalue weighted by atomic mass is 10.2.